The summed E-state index contributed by atoms with van der Waals surface area (Å²) >= 11 is 0. The van der Waals surface area contributed by atoms with Crippen LogP contribution < -0.4 is 4.43 Å². The molecular formula is C31H47NO2Si. The topological polar surface area (TPSA) is 29.5 Å². The first-order chi connectivity index (χ1) is 16.4. The van der Waals surface area contributed by atoms with Crippen LogP contribution >= 0.6 is 0 Å². The van der Waals surface area contributed by atoms with E-state index in [0.717, 1.165) is 35.3 Å². The van der Waals surface area contributed by atoms with Crippen molar-refractivity contribution < 1.29 is 9.22 Å². The van der Waals surface area contributed by atoms with Crippen molar-refractivity contribution in [3.63, 3.8) is 0 Å². The summed E-state index contributed by atoms with van der Waals surface area (Å²) in [6.45, 7) is 23.4. The smallest absolute Gasteiger partial charge is 0.258 e. The molecule has 0 fully saturated rings. The molecule has 0 radical (unpaired) electrons. The van der Waals surface area contributed by atoms with Crippen LogP contribution in [0, 0.1) is 0 Å². The van der Waals surface area contributed by atoms with Crippen LogP contribution in [0.1, 0.15) is 90.7 Å². The highest BCUT2D eigenvalue weighted by atomic mass is 28.4. The second-order valence-corrected chi connectivity index (χ2v) is 16.5. The highest BCUT2D eigenvalue weighted by molar-refractivity contribution is 6.78. The Hall–Kier alpha value is -2.17. The monoisotopic (exact) mass is 493 g/mol. The molecule has 0 aliphatic heterocycles. The molecular weight excluding hydrogens is 446 g/mol. The number of benzene rings is 2. The van der Waals surface area contributed by atoms with E-state index in [1.807, 2.05) is 18.2 Å². The Kier molecular flexibility index (Phi) is 10.5. The molecule has 0 bridgehead atoms. The van der Waals surface area contributed by atoms with E-state index in [2.05, 4.69) is 111 Å². The standard InChI is InChI=1S/C31H47NO2Si/c1-22(2)32(23(3)4)19-18-30(27-14-12-11-13-15-27)28-16-17-31(29(20-28)21-33)34-35(24(5)6,25(7)8)26(9)10/h11-18,20-26H,19H2,1-10H3/b30-18+. The van der Waals surface area contributed by atoms with Gasteiger partial charge in [0.2, 0.25) is 0 Å². The molecule has 0 aromatic heterocycles. The molecule has 35 heavy (non-hydrogen) atoms. The van der Waals surface area contributed by atoms with E-state index in [0.29, 0.717) is 34.3 Å². The molecule has 2 rings (SSSR count). The van der Waals surface area contributed by atoms with Crippen molar-refractivity contribution in [3.8, 4) is 5.75 Å². The Bertz CT molecular complexity index is 947. The fraction of sp³-hybridized carbons (Fsp3) is 0.516. The minimum atomic E-state index is -2.16. The van der Waals surface area contributed by atoms with Gasteiger partial charge in [-0.2, -0.15) is 0 Å². The van der Waals surface area contributed by atoms with Crippen molar-refractivity contribution >= 4 is 20.2 Å². The van der Waals surface area contributed by atoms with Gasteiger partial charge in [0.15, 0.2) is 6.29 Å². The van der Waals surface area contributed by atoms with Crippen LogP contribution in [0.2, 0.25) is 16.6 Å². The van der Waals surface area contributed by atoms with E-state index in [9.17, 15) is 4.79 Å². The molecule has 0 saturated heterocycles. The van der Waals surface area contributed by atoms with Gasteiger partial charge < -0.3 is 4.43 Å². The molecule has 0 amide bonds. The Labute approximate surface area is 215 Å². The molecule has 0 unspecified atom stereocenters. The van der Waals surface area contributed by atoms with Crippen LogP contribution in [0.25, 0.3) is 5.57 Å². The third-order valence-electron chi connectivity index (χ3n) is 7.36. The van der Waals surface area contributed by atoms with Crippen molar-refractivity contribution in [2.75, 3.05) is 6.54 Å². The maximum Gasteiger partial charge on any atom is 0.258 e. The fourth-order valence-electron chi connectivity index (χ4n) is 5.68. The molecule has 0 atom stereocenters. The summed E-state index contributed by atoms with van der Waals surface area (Å²) in [5, 5.41) is 0. The number of hydrogen-bond acceptors (Lipinski definition) is 3. The average Bonchev–Trinajstić information content (AvgIpc) is 2.79. The first-order valence-electron chi connectivity index (χ1n) is 13.3. The lowest BCUT2D eigenvalue weighted by Crippen LogP contribution is -2.50. The third-order valence-corrected chi connectivity index (χ3v) is 13.3. The van der Waals surface area contributed by atoms with Crippen LogP contribution in [0.5, 0.6) is 5.75 Å². The van der Waals surface area contributed by atoms with E-state index < -0.39 is 8.32 Å². The van der Waals surface area contributed by atoms with Crippen molar-refractivity contribution in [1.29, 1.82) is 0 Å². The molecule has 3 nitrogen and oxygen atoms in total. The first kappa shape index (κ1) is 29.1. The Morgan fingerprint density at radius 3 is 1.80 bits per heavy atom. The molecule has 192 valence electrons. The fourth-order valence-corrected chi connectivity index (χ4v) is 11.0. The van der Waals surface area contributed by atoms with E-state index >= 15 is 0 Å². The SMILES string of the molecule is CC(C)N(C/C=C(\c1ccccc1)c1ccc(O[Si](C(C)C)(C(C)C)C(C)C)c(C=O)c1)C(C)C. The molecule has 2 aromatic carbocycles. The zero-order valence-electron chi connectivity index (χ0n) is 23.6. The largest absolute Gasteiger partial charge is 0.542 e. The summed E-state index contributed by atoms with van der Waals surface area (Å²) < 4.78 is 6.89. The van der Waals surface area contributed by atoms with E-state index in [1.54, 1.807) is 0 Å². The minimum absolute atomic E-state index is 0.444. The summed E-state index contributed by atoms with van der Waals surface area (Å²) in [5.41, 5.74) is 5.31. The molecule has 0 spiro atoms. The molecule has 0 N–H and O–H groups in total. The number of carbonyl (C=O) groups is 1. The number of nitrogens with zero attached hydrogens (tertiary/aromatic N) is 1. The van der Waals surface area contributed by atoms with Crippen LogP contribution in [-0.4, -0.2) is 38.1 Å². The minimum Gasteiger partial charge on any atom is -0.542 e. The predicted molar refractivity (Wildman–Crippen MR) is 154 cm³/mol. The number of aldehydes is 1. The maximum absolute atomic E-state index is 12.3. The predicted octanol–water partition coefficient (Wildman–Crippen LogP) is 8.60. The Morgan fingerprint density at radius 2 is 1.34 bits per heavy atom. The number of carbonyl (C=O) groups excluding carboxylic acids is 1. The second-order valence-electron chi connectivity index (χ2n) is 11.2. The molecule has 0 aliphatic rings. The van der Waals surface area contributed by atoms with Crippen molar-refractivity contribution in [2.24, 2.45) is 0 Å². The summed E-state index contributed by atoms with van der Waals surface area (Å²) in [6, 6.07) is 17.5. The number of hydrogen-bond donors (Lipinski definition) is 0. The lowest BCUT2D eigenvalue weighted by Gasteiger charge is -2.42. The van der Waals surface area contributed by atoms with Crippen molar-refractivity contribution in [1.82, 2.24) is 4.90 Å². The van der Waals surface area contributed by atoms with Gasteiger partial charge in [-0.05, 0) is 73.2 Å². The summed E-state index contributed by atoms with van der Waals surface area (Å²) in [6.07, 6.45) is 3.26. The zero-order chi connectivity index (χ0) is 26.3. The van der Waals surface area contributed by atoms with Gasteiger partial charge in [0, 0.05) is 18.6 Å². The second kappa shape index (κ2) is 12.7. The van der Waals surface area contributed by atoms with E-state index in [4.69, 9.17) is 4.43 Å². The maximum atomic E-state index is 12.3. The van der Waals surface area contributed by atoms with Gasteiger partial charge in [0.25, 0.3) is 8.32 Å². The molecule has 0 aliphatic carbocycles. The van der Waals surface area contributed by atoms with E-state index in [-0.39, 0.29) is 0 Å². The highest BCUT2D eigenvalue weighted by Gasteiger charge is 2.47. The van der Waals surface area contributed by atoms with E-state index in [1.165, 1.54) is 0 Å². The quantitative estimate of drug-likeness (QED) is 0.219. The van der Waals surface area contributed by atoms with Gasteiger partial charge in [-0.15, -0.1) is 0 Å². The summed E-state index contributed by atoms with van der Waals surface area (Å²) in [5.74, 6) is 0.727. The van der Waals surface area contributed by atoms with Crippen LogP contribution in [0.15, 0.2) is 54.6 Å². The van der Waals surface area contributed by atoms with Crippen LogP contribution in [0.4, 0.5) is 0 Å². The van der Waals surface area contributed by atoms with Gasteiger partial charge in [-0.3, -0.25) is 9.69 Å². The Morgan fingerprint density at radius 1 is 0.800 bits per heavy atom. The molecule has 0 saturated carbocycles. The van der Waals surface area contributed by atoms with Gasteiger partial charge in [0.1, 0.15) is 5.75 Å². The van der Waals surface area contributed by atoms with Crippen molar-refractivity contribution in [2.45, 2.75) is 97.9 Å². The van der Waals surface area contributed by atoms with Crippen molar-refractivity contribution in [3.05, 3.63) is 71.3 Å². The van der Waals surface area contributed by atoms with Gasteiger partial charge in [0.05, 0.1) is 5.56 Å². The summed E-state index contributed by atoms with van der Waals surface area (Å²) in [4.78, 5) is 14.8. The van der Waals surface area contributed by atoms with Gasteiger partial charge in [-0.1, -0.05) is 84.0 Å². The first-order valence-corrected chi connectivity index (χ1v) is 15.4. The molecule has 2 aromatic rings. The van der Waals surface area contributed by atoms with Crippen LogP contribution in [0.3, 0.4) is 0 Å². The lowest BCUT2D eigenvalue weighted by atomic mass is 9.95. The zero-order valence-corrected chi connectivity index (χ0v) is 24.6. The van der Waals surface area contributed by atoms with Gasteiger partial charge >= 0.3 is 0 Å². The normalized spacial score (nSPS) is 13.1. The number of rotatable bonds is 12. The van der Waals surface area contributed by atoms with Gasteiger partial charge in [-0.25, -0.2) is 0 Å². The highest BCUT2D eigenvalue weighted by Crippen LogP contribution is 2.43. The Balaban J connectivity index is 2.58. The van der Waals surface area contributed by atoms with Crippen LogP contribution in [-0.2, 0) is 0 Å². The average molecular weight is 494 g/mol. The lowest BCUT2D eigenvalue weighted by molar-refractivity contribution is 0.112. The molecule has 4 heteroatoms. The third kappa shape index (κ3) is 6.74. The summed E-state index contributed by atoms with van der Waals surface area (Å²) in [7, 11) is -2.16. The molecule has 0 heterocycles.